The zero-order valence-electron chi connectivity index (χ0n) is 13.3. The van der Waals surface area contributed by atoms with Gasteiger partial charge in [-0.05, 0) is 47.9 Å². The Bertz CT molecular complexity index is 1030. The SMILES string of the molecule is C=C1C(C)=C(Nc2ccc3ncccc3c2)C(=O)c2ccccc21. The second kappa shape index (κ2) is 5.46. The minimum atomic E-state index is 0.00165. The molecule has 0 saturated heterocycles. The van der Waals surface area contributed by atoms with E-state index in [-0.39, 0.29) is 5.78 Å². The van der Waals surface area contributed by atoms with E-state index < -0.39 is 0 Å². The van der Waals surface area contributed by atoms with Crippen LogP contribution in [0.1, 0.15) is 22.8 Å². The van der Waals surface area contributed by atoms with E-state index in [2.05, 4.69) is 16.9 Å². The van der Waals surface area contributed by atoms with Gasteiger partial charge in [0.25, 0.3) is 0 Å². The van der Waals surface area contributed by atoms with E-state index in [0.29, 0.717) is 11.3 Å². The average Bonchev–Trinajstić information content (AvgIpc) is 2.63. The van der Waals surface area contributed by atoms with Gasteiger partial charge in [-0.25, -0.2) is 0 Å². The Balaban J connectivity index is 1.76. The number of fused-ring (bicyclic) bond motifs is 2. The molecule has 2 aromatic carbocycles. The van der Waals surface area contributed by atoms with Crippen LogP contribution in [0, 0.1) is 0 Å². The number of pyridine rings is 1. The maximum absolute atomic E-state index is 12.9. The molecule has 0 fully saturated rings. The Kier molecular flexibility index (Phi) is 3.28. The standard InChI is InChI=1S/C21H16N2O/c1-13-14(2)20(21(24)18-8-4-3-7-17(13)18)23-16-9-10-19-15(12-16)6-5-11-22-19/h3-12,23H,1H2,2H3. The fourth-order valence-corrected chi connectivity index (χ4v) is 3.05. The van der Waals surface area contributed by atoms with Gasteiger partial charge < -0.3 is 5.32 Å². The Morgan fingerprint density at radius 3 is 2.62 bits per heavy atom. The van der Waals surface area contributed by atoms with Gasteiger partial charge in [0, 0.05) is 22.8 Å². The second-order valence-corrected chi connectivity index (χ2v) is 5.89. The molecule has 116 valence electrons. The average molecular weight is 312 g/mol. The lowest BCUT2D eigenvalue weighted by atomic mass is 9.85. The summed E-state index contributed by atoms with van der Waals surface area (Å²) in [5.41, 5.74) is 5.75. The van der Waals surface area contributed by atoms with Crippen LogP contribution < -0.4 is 5.32 Å². The van der Waals surface area contributed by atoms with Gasteiger partial charge in [-0.1, -0.05) is 36.9 Å². The van der Waals surface area contributed by atoms with Crippen molar-refractivity contribution in [2.24, 2.45) is 0 Å². The second-order valence-electron chi connectivity index (χ2n) is 5.89. The number of carbonyl (C=O) groups excluding carboxylic acids is 1. The van der Waals surface area contributed by atoms with E-state index in [1.807, 2.05) is 61.5 Å². The number of hydrogen-bond acceptors (Lipinski definition) is 3. The Hall–Kier alpha value is -3.20. The largest absolute Gasteiger partial charge is 0.352 e. The third kappa shape index (κ3) is 2.22. The van der Waals surface area contributed by atoms with Gasteiger partial charge in [0.2, 0.25) is 5.78 Å². The number of aromatic nitrogens is 1. The Morgan fingerprint density at radius 2 is 1.79 bits per heavy atom. The molecule has 0 saturated carbocycles. The van der Waals surface area contributed by atoms with Crippen molar-refractivity contribution in [1.29, 1.82) is 0 Å². The van der Waals surface area contributed by atoms with Crippen LogP contribution in [0.3, 0.4) is 0 Å². The molecule has 0 unspecified atom stereocenters. The molecule has 0 bridgehead atoms. The summed E-state index contributed by atoms with van der Waals surface area (Å²) < 4.78 is 0. The van der Waals surface area contributed by atoms with Crippen molar-refractivity contribution in [3.05, 3.63) is 89.8 Å². The van der Waals surface area contributed by atoms with Crippen molar-refractivity contribution in [1.82, 2.24) is 4.98 Å². The number of anilines is 1. The van der Waals surface area contributed by atoms with Gasteiger partial charge in [-0.2, -0.15) is 0 Å². The molecule has 1 aliphatic carbocycles. The van der Waals surface area contributed by atoms with Crippen molar-refractivity contribution in [3.8, 4) is 0 Å². The quantitative estimate of drug-likeness (QED) is 0.737. The fourth-order valence-electron chi connectivity index (χ4n) is 3.05. The van der Waals surface area contributed by atoms with Gasteiger partial charge in [-0.3, -0.25) is 9.78 Å². The summed E-state index contributed by atoms with van der Waals surface area (Å²) in [6.07, 6.45) is 1.77. The van der Waals surface area contributed by atoms with Crippen LogP contribution >= 0.6 is 0 Å². The first-order valence-electron chi connectivity index (χ1n) is 7.81. The first-order valence-corrected chi connectivity index (χ1v) is 7.81. The van der Waals surface area contributed by atoms with E-state index in [1.54, 1.807) is 6.20 Å². The normalized spacial score (nSPS) is 14.0. The summed E-state index contributed by atoms with van der Waals surface area (Å²) in [6, 6.07) is 17.4. The lowest BCUT2D eigenvalue weighted by Gasteiger charge is -2.23. The first kappa shape index (κ1) is 14.4. The van der Waals surface area contributed by atoms with E-state index in [1.165, 1.54) is 0 Å². The van der Waals surface area contributed by atoms with Crippen LogP contribution in [0.5, 0.6) is 0 Å². The number of nitrogens with zero attached hydrogens (tertiary/aromatic N) is 1. The summed E-state index contributed by atoms with van der Waals surface area (Å²) in [4.78, 5) is 17.2. The molecule has 24 heavy (non-hydrogen) atoms. The van der Waals surface area contributed by atoms with Crippen molar-refractivity contribution < 1.29 is 4.79 Å². The highest BCUT2D eigenvalue weighted by molar-refractivity contribution is 6.18. The summed E-state index contributed by atoms with van der Waals surface area (Å²) in [6.45, 7) is 6.08. The zero-order chi connectivity index (χ0) is 16.7. The summed E-state index contributed by atoms with van der Waals surface area (Å²) in [5.74, 6) is 0.00165. The van der Waals surface area contributed by atoms with Gasteiger partial charge >= 0.3 is 0 Å². The van der Waals surface area contributed by atoms with E-state index in [0.717, 1.165) is 33.3 Å². The number of nitrogens with one attached hydrogen (secondary N) is 1. The summed E-state index contributed by atoms with van der Waals surface area (Å²) in [5, 5.41) is 4.32. The number of Topliss-reactive ketones (excluding diaryl/α,β-unsaturated/α-hetero) is 1. The lowest BCUT2D eigenvalue weighted by molar-refractivity contribution is 0.103. The van der Waals surface area contributed by atoms with Crippen LogP contribution in [0.4, 0.5) is 5.69 Å². The highest BCUT2D eigenvalue weighted by atomic mass is 16.1. The van der Waals surface area contributed by atoms with Crippen LogP contribution in [-0.4, -0.2) is 10.8 Å². The van der Waals surface area contributed by atoms with Crippen LogP contribution in [-0.2, 0) is 0 Å². The minimum Gasteiger partial charge on any atom is -0.352 e. The fraction of sp³-hybridized carbons (Fsp3) is 0.0476. The van der Waals surface area contributed by atoms with Gasteiger partial charge in [-0.15, -0.1) is 0 Å². The Morgan fingerprint density at radius 1 is 1.00 bits per heavy atom. The molecule has 3 heteroatoms. The highest BCUT2D eigenvalue weighted by Crippen LogP contribution is 2.34. The maximum atomic E-state index is 12.9. The predicted molar refractivity (Wildman–Crippen MR) is 97.9 cm³/mol. The molecule has 0 amide bonds. The molecule has 0 spiro atoms. The lowest BCUT2D eigenvalue weighted by Crippen LogP contribution is -2.20. The van der Waals surface area contributed by atoms with E-state index >= 15 is 0 Å². The van der Waals surface area contributed by atoms with Gasteiger partial charge in [0.1, 0.15) is 0 Å². The number of ketones is 1. The smallest absolute Gasteiger partial charge is 0.210 e. The van der Waals surface area contributed by atoms with E-state index in [9.17, 15) is 4.79 Å². The molecule has 0 aliphatic heterocycles. The van der Waals surface area contributed by atoms with Crippen LogP contribution in [0.15, 0.2) is 78.6 Å². The monoisotopic (exact) mass is 312 g/mol. The maximum Gasteiger partial charge on any atom is 0.210 e. The molecule has 1 aromatic heterocycles. The third-order valence-corrected chi connectivity index (χ3v) is 4.42. The molecule has 4 rings (SSSR count). The van der Waals surface area contributed by atoms with Crippen LogP contribution in [0.2, 0.25) is 0 Å². The molecule has 0 atom stereocenters. The molecule has 1 aliphatic rings. The molecule has 1 heterocycles. The van der Waals surface area contributed by atoms with Crippen molar-refractivity contribution >= 4 is 27.9 Å². The third-order valence-electron chi connectivity index (χ3n) is 4.42. The number of benzene rings is 2. The minimum absolute atomic E-state index is 0.00165. The van der Waals surface area contributed by atoms with Crippen molar-refractivity contribution in [3.63, 3.8) is 0 Å². The van der Waals surface area contributed by atoms with E-state index in [4.69, 9.17) is 0 Å². The van der Waals surface area contributed by atoms with Crippen molar-refractivity contribution in [2.45, 2.75) is 6.92 Å². The summed E-state index contributed by atoms with van der Waals surface area (Å²) in [7, 11) is 0. The van der Waals surface area contributed by atoms with Gasteiger partial charge in [0.05, 0.1) is 11.2 Å². The number of allylic oxidation sites excluding steroid dienone is 3. The van der Waals surface area contributed by atoms with Crippen LogP contribution in [0.25, 0.3) is 16.5 Å². The zero-order valence-corrected chi connectivity index (χ0v) is 13.3. The molecular formula is C21H16N2O. The topological polar surface area (TPSA) is 42.0 Å². The molecule has 3 aromatic rings. The molecule has 0 radical (unpaired) electrons. The Labute approximate surface area is 140 Å². The summed E-state index contributed by atoms with van der Waals surface area (Å²) >= 11 is 0. The molecular weight excluding hydrogens is 296 g/mol. The number of rotatable bonds is 2. The molecule has 1 N–H and O–H groups in total. The highest BCUT2D eigenvalue weighted by Gasteiger charge is 2.26. The predicted octanol–water partition coefficient (Wildman–Crippen LogP) is 4.83. The van der Waals surface area contributed by atoms with Gasteiger partial charge in [0.15, 0.2) is 0 Å². The van der Waals surface area contributed by atoms with Crippen molar-refractivity contribution in [2.75, 3.05) is 5.32 Å². The number of hydrogen-bond donors (Lipinski definition) is 1. The molecule has 3 nitrogen and oxygen atoms in total. The number of carbonyl (C=O) groups is 1. The first-order chi connectivity index (χ1) is 11.6.